The Morgan fingerprint density at radius 1 is 1.27 bits per heavy atom. The van der Waals surface area contributed by atoms with Crippen molar-refractivity contribution in [3.8, 4) is 5.75 Å². The van der Waals surface area contributed by atoms with Crippen LogP contribution in [0.4, 0.5) is 13.2 Å². The summed E-state index contributed by atoms with van der Waals surface area (Å²) in [5, 5.41) is 0. The molecule has 0 aliphatic carbocycles. The molecule has 0 aromatic heterocycles. The number of alkyl halides is 3. The van der Waals surface area contributed by atoms with E-state index in [1.807, 2.05) is 0 Å². The van der Waals surface area contributed by atoms with Crippen molar-refractivity contribution >= 4 is 10.0 Å². The number of ether oxygens (including phenoxy) is 1. The monoisotopic (exact) mass is 338 g/mol. The van der Waals surface area contributed by atoms with Gasteiger partial charge in [-0.2, -0.15) is 17.5 Å². The molecule has 1 aromatic carbocycles. The lowest BCUT2D eigenvalue weighted by molar-refractivity contribution is -0.178. The molecule has 0 radical (unpaired) electrons. The number of halogens is 3. The molecule has 0 bridgehead atoms. The van der Waals surface area contributed by atoms with E-state index in [1.165, 1.54) is 25.3 Å². The second-order valence-electron chi connectivity index (χ2n) is 5.12. The van der Waals surface area contributed by atoms with E-state index in [1.54, 1.807) is 6.07 Å². The average molecular weight is 338 g/mol. The van der Waals surface area contributed by atoms with Gasteiger partial charge in [0.1, 0.15) is 16.7 Å². The van der Waals surface area contributed by atoms with Gasteiger partial charge in [0.15, 0.2) is 0 Å². The van der Waals surface area contributed by atoms with Crippen LogP contribution in [0.3, 0.4) is 0 Å². The second-order valence-corrected chi connectivity index (χ2v) is 6.98. The largest absolute Gasteiger partial charge is 0.495 e. The van der Waals surface area contributed by atoms with Crippen molar-refractivity contribution in [2.24, 2.45) is 5.73 Å². The second kappa shape index (κ2) is 6.05. The minimum atomic E-state index is -4.64. The normalized spacial score (nSPS) is 24.2. The van der Waals surface area contributed by atoms with Gasteiger partial charge in [-0.25, -0.2) is 8.42 Å². The van der Waals surface area contributed by atoms with E-state index in [2.05, 4.69) is 0 Å². The minimum Gasteiger partial charge on any atom is -0.495 e. The summed E-state index contributed by atoms with van der Waals surface area (Å²) in [7, 11) is -3.10. The first-order valence-electron chi connectivity index (χ1n) is 6.65. The summed E-state index contributed by atoms with van der Waals surface area (Å²) in [6, 6.07) is 2.90. The zero-order valence-electron chi connectivity index (χ0n) is 11.9. The maximum absolute atomic E-state index is 13.2. The van der Waals surface area contributed by atoms with E-state index < -0.39 is 28.3 Å². The molecule has 1 heterocycles. The number of hydrogen-bond donors (Lipinski definition) is 1. The Labute approximate surface area is 126 Å². The zero-order valence-corrected chi connectivity index (χ0v) is 12.7. The van der Waals surface area contributed by atoms with Gasteiger partial charge in [-0.1, -0.05) is 12.1 Å². The summed E-state index contributed by atoms with van der Waals surface area (Å²) in [4.78, 5) is -0.291. The lowest BCUT2D eigenvalue weighted by Gasteiger charge is -2.38. The maximum Gasteiger partial charge on any atom is 0.405 e. The fraction of sp³-hybridized carbons (Fsp3) is 0.538. The van der Waals surface area contributed by atoms with Gasteiger partial charge in [-0.15, -0.1) is 0 Å². The van der Waals surface area contributed by atoms with Crippen LogP contribution in [0.2, 0.25) is 0 Å². The molecular weight excluding hydrogens is 321 g/mol. The molecule has 22 heavy (non-hydrogen) atoms. The smallest absolute Gasteiger partial charge is 0.405 e. The summed E-state index contributed by atoms with van der Waals surface area (Å²) >= 11 is 0. The van der Waals surface area contributed by atoms with Gasteiger partial charge < -0.3 is 10.5 Å². The van der Waals surface area contributed by atoms with Gasteiger partial charge in [0.05, 0.1) is 7.11 Å². The van der Waals surface area contributed by atoms with Crippen molar-refractivity contribution in [3.05, 3.63) is 24.3 Å². The van der Waals surface area contributed by atoms with E-state index in [0.29, 0.717) is 4.31 Å². The molecule has 1 saturated heterocycles. The summed E-state index contributed by atoms with van der Waals surface area (Å²) in [6.07, 6.45) is -4.86. The molecule has 9 heteroatoms. The van der Waals surface area contributed by atoms with Crippen molar-refractivity contribution in [2.75, 3.05) is 13.7 Å². The quantitative estimate of drug-likeness (QED) is 0.911. The van der Waals surface area contributed by atoms with Crippen molar-refractivity contribution in [1.29, 1.82) is 0 Å². The third kappa shape index (κ3) is 3.21. The Morgan fingerprint density at radius 2 is 1.91 bits per heavy atom. The highest BCUT2D eigenvalue weighted by Gasteiger charge is 2.50. The van der Waals surface area contributed by atoms with Gasteiger partial charge in [0, 0.05) is 12.6 Å². The summed E-state index contributed by atoms with van der Waals surface area (Å²) in [6.45, 7) is -0.370. The molecule has 1 aliphatic rings. The summed E-state index contributed by atoms with van der Waals surface area (Å²) < 4.78 is 70.2. The molecule has 0 saturated carbocycles. The standard InChI is InChI=1S/C13H17F3N2O3S/c1-21-10-4-2-3-5-11(10)22(19,20)18-8-9(17)6-7-12(18)13(14,15)16/h2-5,9,12H,6-8,17H2,1H3. The first-order chi connectivity index (χ1) is 10.2. The van der Waals surface area contributed by atoms with E-state index >= 15 is 0 Å². The molecule has 2 N–H and O–H groups in total. The highest BCUT2D eigenvalue weighted by Crippen LogP contribution is 2.37. The van der Waals surface area contributed by atoms with Crippen LogP contribution in [0.25, 0.3) is 0 Å². The third-order valence-electron chi connectivity index (χ3n) is 3.61. The van der Waals surface area contributed by atoms with E-state index in [-0.39, 0.29) is 30.0 Å². The van der Waals surface area contributed by atoms with Crippen molar-refractivity contribution in [2.45, 2.75) is 36.0 Å². The number of nitrogens with zero attached hydrogens (tertiary/aromatic N) is 1. The van der Waals surface area contributed by atoms with Gasteiger partial charge in [0.2, 0.25) is 10.0 Å². The molecule has 2 atom stereocenters. The van der Waals surface area contributed by atoms with Gasteiger partial charge >= 0.3 is 6.18 Å². The first-order valence-corrected chi connectivity index (χ1v) is 8.09. The Hall–Kier alpha value is -1.32. The highest BCUT2D eigenvalue weighted by atomic mass is 32.2. The van der Waals surface area contributed by atoms with Crippen LogP contribution in [0.1, 0.15) is 12.8 Å². The van der Waals surface area contributed by atoms with Gasteiger partial charge in [-0.05, 0) is 25.0 Å². The Morgan fingerprint density at radius 3 is 2.50 bits per heavy atom. The summed E-state index contributed by atoms with van der Waals surface area (Å²) in [5.41, 5.74) is 5.67. The molecule has 1 aromatic rings. The Kier molecular flexibility index (Phi) is 4.69. The number of para-hydroxylation sites is 1. The molecular formula is C13H17F3N2O3S. The lowest BCUT2D eigenvalue weighted by Crippen LogP contribution is -2.56. The number of hydrogen-bond acceptors (Lipinski definition) is 4. The highest BCUT2D eigenvalue weighted by molar-refractivity contribution is 7.89. The predicted octanol–water partition coefficient (Wildman–Crippen LogP) is 1.74. The number of rotatable bonds is 3. The molecule has 1 fully saturated rings. The van der Waals surface area contributed by atoms with E-state index in [9.17, 15) is 21.6 Å². The molecule has 5 nitrogen and oxygen atoms in total. The number of nitrogens with two attached hydrogens (primary N) is 1. The van der Waals surface area contributed by atoms with Crippen LogP contribution >= 0.6 is 0 Å². The fourth-order valence-corrected chi connectivity index (χ4v) is 4.37. The van der Waals surface area contributed by atoms with Crippen molar-refractivity contribution < 1.29 is 26.3 Å². The molecule has 0 spiro atoms. The molecule has 2 rings (SSSR count). The van der Waals surface area contributed by atoms with Crippen LogP contribution in [-0.4, -0.2) is 44.6 Å². The van der Waals surface area contributed by atoms with Gasteiger partial charge in [-0.3, -0.25) is 0 Å². The molecule has 1 aliphatic heterocycles. The topological polar surface area (TPSA) is 72.6 Å². The van der Waals surface area contributed by atoms with E-state index in [0.717, 1.165) is 0 Å². The third-order valence-corrected chi connectivity index (χ3v) is 5.52. The van der Waals surface area contributed by atoms with Crippen LogP contribution in [-0.2, 0) is 10.0 Å². The van der Waals surface area contributed by atoms with Crippen LogP contribution in [0, 0.1) is 0 Å². The minimum absolute atomic E-state index is 0.00238. The summed E-state index contributed by atoms with van der Waals surface area (Å²) in [5.74, 6) is 0.00238. The van der Waals surface area contributed by atoms with Crippen LogP contribution < -0.4 is 10.5 Å². The maximum atomic E-state index is 13.2. The van der Waals surface area contributed by atoms with E-state index in [4.69, 9.17) is 10.5 Å². The number of methoxy groups -OCH3 is 1. The predicted molar refractivity (Wildman–Crippen MR) is 73.9 cm³/mol. The molecule has 2 unspecified atom stereocenters. The van der Waals surface area contributed by atoms with Crippen molar-refractivity contribution in [1.82, 2.24) is 4.31 Å². The fourth-order valence-electron chi connectivity index (χ4n) is 2.52. The SMILES string of the molecule is COc1ccccc1S(=O)(=O)N1CC(N)CCC1C(F)(F)F. The Balaban J connectivity index is 2.49. The van der Waals surface area contributed by atoms with Crippen LogP contribution in [0.5, 0.6) is 5.75 Å². The molecule has 0 amide bonds. The number of piperidine rings is 1. The average Bonchev–Trinajstić information content (AvgIpc) is 2.45. The number of sulfonamides is 1. The van der Waals surface area contributed by atoms with Crippen molar-refractivity contribution in [3.63, 3.8) is 0 Å². The number of benzene rings is 1. The first kappa shape index (κ1) is 17.0. The lowest BCUT2D eigenvalue weighted by atomic mass is 10.0. The zero-order chi connectivity index (χ0) is 16.5. The van der Waals surface area contributed by atoms with Crippen LogP contribution in [0.15, 0.2) is 29.2 Å². The van der Waals surface area contributed by atoms with Gasteiger partial charge in [0.25, 0.3) is 0 Å². The Bertz CT molecular complexity index is 634. The molecule has 124 valence electrons.